The summed E-state index contributed by atoms with van der Waals surface area (Å²) in [6.45, 7) is 6.39. The third-order valence-electron chi connectivity index (χ3n) is 3.59. The molecule has 0 saturated heterocycles. The first-order valence-electron chi connectivity index (χ1n) is 6.42. The second-order valence-corrected chi connectivity index (χ2v) is 5.59. The number of ether oxygens (including phenoxy) is 1. The summed E-state index contributed by atoms with van der Waals surface area (Å²) in [6.07, 6.45) is 7.02. The molecule has 1 nitrogen and oxygen atoms in total. The van der Waals surface area contributed by atoms with Gasteiger partial charge >= 0.3 is 0 Å². The molecule has 1 rings (SSSR count). The molecule has 0 aliphatic heterocycles. The highest BCUT2D eigenvalue weighted by molar-refractivity contribution is 7.80. The van der Waals surface area contributed by atoms with Crippen molar-refractivity contribution >= 4 is 12.6 Å². The van der Waals surface area contributed by atoms with Crippen LogP contribution in [0.25, 0.3) is 0 Å². The van der Waals surface area contributed by atoms with E-state index in [-0.39, 0.29) is 0 Å². The number of hydrogen-bond donors (Lipinski definition) is 1. The van der Waals surface area contributed by atoms with E-state index in [1.807, 2.05) is 0 Å². The van der Waals surface area contributed by atoms with Crippen LogP contribution >= 0.6 is 12.6 Å². The van der Waals surface area contributed by atoms with E-state index in [2.05, 4.69) is 26.5 Å². The van der Waals surface area contributed by atoms with Crippen LogP contribution in [0.3, 0.4) is 0 Å². The van der Waals surface area contributed by atoms with Crippen LogP contribution in [0.4, 0.5) is 0 Å². The third kappa shape index (κ3) is 5.26. The minimum Gasteiger partial charge on any atom is -0.381 e. The van der Waals surface area contributed by atoms with Crippen LogP contribution in [-0.4, -0.2) is 19.0 Å². The van der Waals surface area contributed by atoms with Crippen LogP contribution in [0.2, 0.25) is 0 Å². The van der Waals surface area contributed by atoms with Crippen molar-refractivity contribution < 1.29 is 4.74 Å². The lowest BCUT2D eigenvalue weighted by Crippen LogP contribution is -2.21. The molecule has 0 N–H and O–H groups in total. The van der Waals surface area contributed by atoms with E-state index in [1.165, 1.54) is 32.1 Å². The number of rotatable bonds is 6. The zero-order valence-electron chi connectivity index (χ0n) is 10.2. The third-order valence-corrected chi connectivity index (χ3v) is 4.06. The smallest absolute Gasteiger partial charge is 0.0504 e. The van der Waals surface area contributed by atoms with E-state index in [9.17, 15) is 0 Å². The quantitative estimate of drug-likeness (QED) is 0.683. The van der Waals surface area contributed by atoms with Crippen LogP contribution < -0.4 is 0 Å². The second-order valence-electron chi connectivity index (χ2n) is 5.23. The van der Waals surface area contributed by atoms with Crippen molar-refractivity contribution in [2.45, 2.75) is 46.0 Å². The van der Waals surface area contributed by atoms with Crippen molar-refractivity contribution in [2.24, 2.45) is 17.8 Å². The van der Waals surface area contributed by atoms with E-state index in [0.29, 0.717) is 11.8 Å². The largest absolute Gasteiger partial charge is 0.381 e. The van der Waals surface area contributed by atoms with E-state index in [1.54, 1.807) is 0 Å². The van der Waals surface area contributed by atoms with Crippen LogP contribution in [0.15, 0.2) is 0 Å². The monoisotopic (exact) mass is 230 g/mol. The van der Waals surface area contributed by atoms with Gasteiger partial charge in [0.05, 0.1) is 6.61 Å². The highest BCUT2D eigenvalue weighted by Crippen LogP contribution is 2.24. The molecule has 1 unspecified atom stereocenters. The summed E-state index contributed by atoms with van der Waals surface area (Å²) >= 11 is 4.37. The Hall–Kier alpha value is 0.310. The molecule has 0 amide bonds. The zero-order valence-corrected chi connectivity index (χ0v) is 11.1. The molecular formula is C13H26OS. The maximum atomic E-state index is 5.84. The lowest BCUT2D eigenvalue weighted by Gasteiger charge is -2.24. The molecule has 0 heterocycles. The minimum atomic E-state index is 0.622. The molecule has 0 aromatic rings. The molecule has 1 aliphatic rings. The molecule has 1 aliphatic carbocycles. The van der Waals surface area contributed by atoms with Crippen molar-refractivity contribution in [3.05, 3.63) is 0 Å². The highest BCUT2D eigenvalue weighted by Gasteiger charge is 2.15. The second kappa shape index (κ2) is 7.56. The van der Waals surface area contributed by atoms with E-state index < -0.39 is 0 Å². The topological polar surface area (TPSA) is 9.23 Å². The zero-order chi connectivity index (χ0) is 11.1. The van der Waals surface area contributed by atoms with Gasteiger partial charge in [0, 0.05) is 6.61 Å². The molecule has 1 saturated carbocycles. The van der Waals surface area contributed by atoms with Gasteiger partial charge in [0.1, 0.15) is 0 Å². The molecule has 0 spiro atoms. The van der Waals surface area contributed by atoms with Crippen molar-refractivity contribution in [2.75, 3.05) is 19.0 Å². The summed E-state index contributed by atoms with van der Waals surface area (Å²) < 4.78 is 5.84. The van der Waals surface area contributed by atoms with Gasteiger partial charge in [0.2, 0.25) is 0 Å². The van der Waals surface area contributed by atoms with Gasteiger partial charge in [-0.15, -0.1) is 0 Å². The molecule has 90 valence electrons. The van der Waals surface area contributed by atoms with Crippen molar-refractivity contribution in [3.63, 3.8) is 0 Å². The molecule has 15 heavy (non-hydrogen) atoms. The minimum absolute atomic E-state index is 0.622. The van der Waals surface area contributed by atoms with Crippen molar-refractivity contribution in [3.8, 4) is 0 Å². The lowest BCUT2D eigenvalue weighted by atomic mass is 9.90. The van der Waals surface area contributed by atoms with E-state index >= 15 is 0 Å². The van der Waals surface area contributed by atoms with Crippen molar-refractivity contribution in [1.82, 2.24) is 0 Å². The molecule has 1 atom stereocenters. The van der Waals surface area contributed by atoms with Gasteiger partial charge in [-0.3, -0.25) is 0 Å². The Morgan fingerprint density at radius 3 is 2.40 bits per heavy atom. The lowest BCUT2D eigenvalue weighted by molar-refractivity contribution is 0.0551. The molecule has 0 bridgehead atoms. The Balaban J connectivity index is 2.08. The summed E-state index contributed by atoms with van der Waals surface area (Å²) in [5.74, 6) is 3.10. The highest BCUT2D eigenvalue weighted by atomic mass is 32.1. The molecule has 1 fully saturated rings. The summed E-state index contributed by atoms with van der Waals surface area (Å²) in [6, 6.07) is 0. The average Bonchev–Trinajstić information content (AvgIpc) is 2.25. The van der Waals surface area contributed by atoms with Crippen LogP contribution in [-0.2, 0) is 4.74 Å². The van der Waals surface area contributed by atoms with Gasteiger partial charge in [-0.1, -0.05) is 33.1 Å². The molecule has 0 aromatic carbocycles. The van der Waals surface area contributed by atoms with Crippen LogP contribution in [0.1, 0.15) is 46.0 Å². The molecule has 0 aromatic heterocycles. The maximum Gasteiger partial charge on any atom is 0.0504 e. The van der Waals surface area contributed by atoms with Gasteiger partial charge in [0.25, 0.3) is 0 Å². The van der Waals surface area contributed by atoms with Crippen LogP contribution in [0, 0.1) is 17.8 Å². The predicted molar refractivity (Wildman–Crippen MR) is 69.6 cm³/mol. The van der Waals surface area contributed by atoms with Gasteiger partial charge < -0.3 is 4.74 Å². The average molecular weight is 230 g/mol. The molecular weight excluding hydrogens is 204 g/mol. The maximum absolute atomic E-state index is 5.84. The number of hydrogen-bond acceptors (Lipinski definition) is 2. The predicted octanol–water partition coefficient (Wildman–Crippen LogP) is 3.79. The van der Waals surface area contributed by atoms with Crippen LogP contribution in [0.5, 0.6) is 0 Å². The fourth-order valence-electron chi connectivity index (χ4n) is 2.20. The van der Waals surface area contributed by atoms with Gasteiger partial charge in [-0.2, -0.15) is 12.6 Å². The Morgan fingerprint density at radius 2 is 1.87 bits per heavy atom. The van der Waals surface area contributed by atoms with Gasteiger partial charge in [-0.25, -0.2) is 0 Å². The first kappa shape index (κ1) is 13.4. The molecule has 2 heteroatoms. The Bertz CT molecular complexity index is 153. The molecule has 0 radical (unpaired) electrons. The fourth-order valence-corrected chi connectivity index (χ4v) is 2.72. The Labute approximate surface area is 100 Å². The first-order valence-corrected chi connectivity index (χ1v) is 7.06. The van der Waals surface area contributed by atoms with E-state index in [0.717, 1.165) is 24.9 Å². The summed E-state index contributed by atoms with van der Waals surface area (Å²) in [5, 5.41) is 0. The van der Waals surface area contributed by atoms with Crippen molar-refractivity contribution in [1.29, 1.82) is 0 Å². The van der Waals surface area contributed by atoms with E-state index in [4.69, 9.17) is 4.74 Å². The summed E-state index contributed by atoms with van der Waals surface area (Å²) in [5.41, 5.74) is 0. The standard InChI is InChI=1S/C13H26OS/c1-11(2)13(10-15)9-14-8-12-6-4-3-5-7-12/h11-13,15H,3-10H2,1-2H3. The van der Waals surface area contributed by atoms with Gasteiger partial charge in [-0.05, 0) is 36.3 Å². The first-order chi connectivity index (χ1) is 7.24. The number of thiol groups is 1. The summed E-state index contributed by atoms with van der Waals surface area (Å²) in [4.78, 5) is 0. The SMILES string of the molecule is CC(C)C(CS)COCC1CCCCC1. The Morgan fingerprint density at radius 1 is 1.20 bits per heavy atom. The van der Waals surface area contributed by atoms with Gasteiger partial charge in [0.15, 0.2) is 0 Å². The normalized spacial score (nSPS) is 20.8. The Kier molecular flexibility index (Phi) is 6.74. The fraction of sp³-hybridized carbons (Fsp3) is 1.00. The summed E-state index contributed by atoms with van der Waals surface area (Å²) in [7, 11) is 0.